The van der Waals surface area contributed by atoms with Crippen LogP contribution in [0, 0.1) is 10.1 Å². The highest BCUT2D eigenvalue weighted by Crippen LogP contribution is 2.24. The van der Waals surface area contributed by atoms with Gasteiger partial charge in [0.05, 0.1) is 17.6 Å². The third-order valence-electron chi connectivity index (χ3n) is 2.98. The van der Waals surface area contributed by atoms with Gasteiger partial charge in [-0.05, 0) is 19.1 Å². The highest BCUT2D eigenvalue weighted by molar-refractivity contribution is 5.99. The second kappa shape index (κ2) is 6.83. The van der Waals surface area contributed by atoms with Crippen molar-refractivity contribution in [3.63, 3.8) is 0 Å². The lowest BCUT2D eigenvalue weighted by Crippen LogP contribution is -2.38. The fraction of sp³-hybridized carbons (Fsp3) is 0.417. The summed E-state index contributed by atoms with van der Waals surface area (Å²) in [7, 11) is 3.09. The number of nitrogens with two attached hydrogens (primary N) is 1. The molecule has 8 nitrogen and oxygen atoms in total. The topological polar surface area (TPSA) is 111 Å². The van der Waals surface area contributed by atoms with Crippen molar-refractivity contribution in [2.24, 2.45) is 5.84 Å². The zero-order chi connectivity index (χ0) is 15.3. The van der Waals surface area contributed by atoms with Gasteiger partial charge in [0.25, 0.3) is 11.6 Å². The van der Waals surface area contributed by atoms with Gasteiger partial charge in [-0.25, -0.2) is 0 Å². The van der Waals surface area contributed by atoms with Crippen LogP contribution in [0.15, 0.2) is 18.2 Å². The Balaban J connectivity index is 3.15. The Kier molecular flexibility index (Phi) is 5.42. The van der Waals surface area contributed by atoms with Crippen molar-refractivity contribution in [2.45, 2.75) is 13.0 Å². The number of likely N-dealkylation sites (N-methyl/N-ethyl adjacent to an activating group) is 1. The van der Waals surface area contributed by atoms with Gasteiger partial charge in [-0.15, -0.1) is 0 Å². The average molecular weight is 282 g/mol. The number of nitro benzene ring substituents is 1. The molecule has 1 amide bonds. The van der Waals surface area contributed by atoms with Crippen LogP contribution >= 0.6 is 0 Å². The van der Waals surface area contributed by atoms with Gasteiger partial charge in [0.2, 0.25) is 0 Å². The number of anilines is 1. The number of benzene rings is 1. The normalized spacial score (nSPS) is 11.8. The summed E-state index contributed by atoms with van der Waals surface area (Å²) in [5.41, 5.74) is 2.51. The zero-order valence-electron chi connectivity index (χ0n) is 11.6. The minimum Gasteiger partial charge on any atom is -0.383 e. The Bertz CT molecular complexity index is 506. The summed E-state index contributed by atoms with van der Waals surface area (Å²) >= 11 is 0. The van der Waals surface area contributed by atoms with E-state index in [-0.39, 0.29) is 17.3 Å². The van der Waals surface area contributed by atoms with E-state index in [4.69, 9.17) is 10.6 Å². The van der Waals surface area contributed by atoms with Crippen LogP contribution in [-0.4, -0.2) is 42.5 Å². The van der Waals surface area contributed by atoms with Crippen molar-refractivity contribution in [2.75, 3.05) is 26.2 Å². The van der Waals surface area contributed by atoms with Crippen molar-refractivity contribution in [1.82, 2.24) is 4.90 Å². The largest absolute Gasteiger partial charge is 0.383 e. The molecular formula is C12H18N4O4. The molecule has 0 heterocycles. The fourth-order valence-electron chi connectivity index (χ4n) is 1.70. The third kappa shape index (κ3) is 3.43. The van der Waals surface area contributed by atoms with Crippen LogP contribution in [0.4, 0.5) is 11.4 Å². The Morgan fingerprint density at radius 2 is 2.25 bits per heavy atom. The van der Waals surface area contributed by atoms with Gasteiger partial charge in [-0.3, -0.25) is 20.8 Å². The van der Waals surface area contributed by atoms with Crippen LogP contribution in [0.25, 0.3) is 0 Å². The van der Waals surface area contributed by atoms with Gasteiger partial charge in [0.15, 0.2) is 0 Å². The number of ether oxygens (including phenoxy) is 1. The molecule has 0 aliphatic rings. The number of carbonyl (C=O) groups excluding carboxylic acids is 1. The van der Waals surface area contributed by atoms with E-state index >= 15 is 0 Å². The molecule has 0 aliphatic carbocycles. The molecule has 0 saturated carbocycles. The lowest BCUT2D eigenvalue weighted by molar-refractivity contribution is -0.385. The number of amides is 1. The van der Waals surface area contributed by atoms with Crippen LogP contribution in [0.1, 0.15) is 17.3 Å². The van der Waals surface area contributed by atoms with Crippen molar-refractivity contribution >= 4 is 17.3 Å². The first-order valence-electron chi connectivity index (χ1n) is 5.93. The molecule has 1 unspecified atom stereocenters. The van der Waals surface area contributed by atoms with Gasteiger partial charge in [-0.2, -0.15) is 0 Å². The number of nitrogens with zero attached hydrogens (tertiary/aromatic N) is 2. The van der Waals surface area contributed by atoms with Crippen molar-refractivity contribution in [1.29, 1.82) is 0 Å². The number of nitrogen functional groups attached to an aromatic ring is 1. The standard InChI is InChI=1S/C12H18N4O4/c1-8(7-20-3)15(2)12(17)10-6-9(14-13)4-5-11(10)16(18)19/h4-6,8,14H,7,13H2,1-3H3. The van der Waals surface area contributed by atoms with E-state index in [0.717, 1.165) is 0 Å². The van der Waals surface area contributed by atoms with Crippen LogP contribution in [0.3, 0.4) is 0 Å². The summed E-state index contributed by atoms with van der Waals surface area (Å²) in [4.78, 5) is 24.2. The molecule has 1 rings (SSSR count). The van der Waals surface area contributed by atoms with Gasteiger partial charge in [-0.1, -0.05) is 0 Å². The molecule has 0 radical (unpaired) electrons. The molecule has 1 aromatic carbocycles. The number of rotatable bonds is 6. The summed E-state index contributed by atoms with van der Waals surface area (Å²) in [5.74, 6) is 4.80. The number of methoxy groups -OCH3 is 1. The maximum atomic E-state index is 12.4. The molecule has 1 aromatic rings. The van der Waals surface area contributed by atoms with Crippen LogP contribution in [0.5, 0.6) is 0 Å². The van der Waals surface area contributed by atoms with E-state index in [1.807, 2.05) is 0 Å². The molecule has 20 heavy (non-hydrogen) atoms. The lowest BCUT2D eigenvalue weighted by atomic mass is 10.1. The Hall–Kier alpha value is -2.19. The first kappa shape index (κ1) is 15.9. The van der Waals surface area contributed by atoms with Gasteiger partial charge in [0, 0.05) is 25.9 Å². The molecule has 0 aromatic heterocycles. The number of nitrogens with one attached hydrogen (secondary N) is 1. The van der Waals surface area contributed by atoms with Crippen molar-refractivity contribution < 1.29 is 14.5 Å². The minimum absolute atomic E-state index is 0.0177. The number of hydrogen-bond donors (Lipinski definition) is 2. The number of hydrazine groups is 1. The predicted molar refractivity (Wildman–Crippen MR) is 74.3 cm³/mol. The second-order valence-corrected chi connectivity index (χ2v) is 4.35. The summed E-state index contributed by atoms with van der Waals surface area (Å²) in [6.07, 6.45) is 0. The Labute approximate surface area is 116 Å². The number of nitro groups is 1. The van der Waals surface area contributed by atoms with E-state index in [0.29, 0.717) is 12.3 Å². The molecule has 1 atom stereocenters. The summed E-state index contributed by atoms with van der Waals surface area (Å²) in [6, 6.07) is 3.84. The number of carbonyl (C=O) groups is 1. The molecule has 8 heteroatoms. The third-order valence-corrected chi connectivity index (χ3v) is 2.98. The molecule has 0 spiro atoms. The smallest absolute Gasteiger partial charge is 0.282 e. The minimum atomic E-state index is -0.595. The first-order valence-corrected chi connectivity index (χ1v) is 5.93. The van der Waals surface area contributed by atoms with Crippen molar-refractivity contribution in [3.05, 3.63) is 33.9 Å². The van der Waals surface area contributed by atoms with E-state index in [9.17, 15) is 14.9 Å². The molecular weight excluding hydrogens is 264 g/mol. The van der Waals surface area contributed by atoms with Gasteiger partial charge < -0.3 is 15.1 Å². The van der Waals surface area contributed by atoms with Crippen LogP contribution < -0.4 is 11.3 Å². The molecule has 0 bridgehead atoms. The number of hydrogen-bond acceptors (Lipinski definition) is 6. The molecule has 0 saturated heterocycles. The predicted octanol–water partition coefficient (Wildman–Crippen LogP) is 0.987. The van der Waals surface area contributed by atoms with E-state index in [2.05, 4.69) is 5.43 Å². The highest BCUT2D eigenvalue weighted by Gasteiger charge is 2.25. The van der Waals surface area contributed by atoms with E-state index in [1.165, 1.54) is 30.2 Å². The average Bonchev–Trinajstić information content (AvgIpc) is 2.45. The maximum Gasteiger partial charge on any atom is 0.282 e. The summed E-state index contributed by atoms with van der Waals surface area (Å²) < 4.78 is 4.97. The van der Waals surface area contributed by atoms with Gasteiger partial charge in [0.1, 0.15) is 5.56 Å². The Morgan fingerprint density at radius 3 is 2.75 bits per heavy atom. The SMILES string of the molecule is COCC(C)N(C)C(=O)c1cc(NN)ccc1[N+](=O)[O-]. The highest BCUT2D eigenvalue weighted by atomic mass is 16.6. The van der Waals surface area contributed by atoms with Crippen molar-refractivity contribution in [3.8, 4) is 0 Å². The fourth-order valence-corrected chi connectivity index (χ4v) is 1.70. The monoisotopic (exact) mass is 282 g/mol. The zero-order valence-corrected chi connectivity index (χ0v) is 11.6. The maximum absolute atomic E-state index is 12.4. The first-order chi connectivity index (χ1) is 9.42. The molecule has 0 aliphatic heterocycles. The second-order valence-electron chi connectivity index (χ2n) is 4.35. The van der Waals surface area contributed by atoms with E-state index in [1.54, 1.807) is 14.0 Å². The van der Waals surface area contributed by atoms with E-state index < -0.39 is 10.8 Å². The summed E-state index contributed by atoms with van der Waals surface area (Å²) in [5, 5.41) is 11.0. The Morgan fingerprint density at radius 1 is 1.60 bits per heavy atom. The quantitative estimate of drug-likeness (QED) is 0.457. The molecule has 3 N–H and O–H groups in total. The van der Waals surface area contributed by atoms with Gasteiger partial charge >= 0.3 is 0 Å². The van der Waals surface area contributed by atoms with Crippen LogP contribution in [-0.2, 0) is 4.74 Å². The lowest BCUT2D eigenvalue weighted by Gasteiger charge is -2.24. The van der Waals surface area contributed by atoms with Crippen LogP contribution in [0.2, 0.25) is 0 Å². The molecule has 110 valence electrons. The summed E-state index contributed by atoms with van der Waals surface area (Å²) in [6.45, 7) is 2.13. The molecule has 0 fully saturated rings.